The van der Waals surface area contributed by atoms with E-state index in [1.807, 2.05) is 5.32 Å². The molecule has 5 nitrogen and oxygen atoms in total. The minimum Gasteiger partial charge on any atom is -0.516 e. The standard InChI is InChI=1S/C15H18F3NO4/c1-9(19-14(21)15(16,17)18)6-11-8-12(22-2)10(4-5-20)7-13(11)23-3/h4-5,7-9,20H,6H2,1-3H3,(H,19,21)/b5-4+/t9-/m1/s1. The number of halogens is 3. The van der Waals surface area contributed by atoms with Crippen molar-refractivity contribution in [1.82, 2.24) is 5.32 Å². The van der Waals surface area contributed by atoms with Gasteiger partial charge in [-0.1, -0.05) is 0 Å². The van der Waals surface area contributed by atoms with Crippen LogP contribution in [0.2, 0.25) is 0 Å². The summed E-state index contributed by atoms with van der Waals surface area (Å²) >= 11 is 0. The molecule has 0 aromatic heterocycles. The summed E-state index contributed by atoms with van der Waals surface area (Å²) in [6.45, 7) is 1.46. The Kier molecular flexibility index (Phi) is 6.29. The van der Waals surface area contributed by atoms with E-state index in [4.69, 9.17) is 14.6 Å². The van der Waals surface area contributed by atoms with E-state index in [1.165, 1.54) is 27.2 Å². The van der Waals surface area contributed by atoms with Crippen LogP contribution in [0.15, 0.2) is 18.4 Å². The molecule has 0 spiro atoms. The van der Waals surface area contributed by atoms with Crippen molar-refractivity contribution in [3.8, 4) is 11.5 Å². The predicted molar refractivity (Wildman–Crippen MR) is 78.6 cm³/mol. The lowest BCUT2D eigenvalue weighted by Gasteiger charge is -2.18. The van der Waals surface area contributed by atoms with Gasteiger partial charge < -0.3 is 19.9 Å². The van der Waals surface area contributed by atoms with E-state index in [0.717, 1.165) is 6.26 Å². The summed E-state index contributed by atoms with van der Waals surface area (Å²) in [5.41, 5.74) is 1.11. The van der Waals surface area contributed by atoms with E-state index >= 15 is 0 Å². The first-order valence-electron chi connectivity index (χ1n) is 6.66. The van der Waals surface area contributed by atoms with E-state index in [9.17, 15) is 18.0 Å². The molecular formula is C15H18F3NO4. The van der Waals surface area contributed by atoms with Crippen LogP contribution in [0.25, 0.3) is 6.08 Å². The second kappa shape index (κ2) is 7.75. The molecule has 0 saturated carbocycles. The fourth-order valence-electron chi connectivity index (χ4n) is 2.04. The number of rotatable bonds is 6. The molecule has 1 amide bonds. The smallest absolute Gasteiger partial charge is 0.471 e. The molecular weight excluding hydrogens is 315 g/mol. The van der Waals surface area contributed by atoms with E-state index in [-0.39, 0.29) is 6.42 Å². The first-order valence-corrected chi connectivity index (χ1v) is 6.66. The molecule has 0 aliphatic rings. The van der Waals surface area contributed by atoms with Crippen LogP contribution < -0.4 is 14.8 Å². The maximum absolute atomic E-state index is 12.3. The Morgan fingerprint density at radius 1 is 1.30 bits per heavy atom. The van der Waals surface area contributed by atoms with Crippen molar-refractivity contribution in [1.29, 1.82) is 0 Å². The Morgan fingerprint density at radius 2 is 1.91 bits per heavy atom. The van der Waals surface area contributed by atoms with Gasteiger partial charge >= 0.3 is 12.1 Å². The monoisotopic (exact) mass is 333 g/mol. The van der Waals surface area contributed by atoms with Gasteiger partial charge in [-0.05, 0) is 37.1 Å². The molecule has 128 valence electrons. The minimum absolute atomic E-state index is 0.116. The number of aliphatic hydroxyl groups excluding tert-OH is 1. The molecule has 0 aliphatic heterocycles. The first kappa shape index (κ1) is 18.7. The number of nitrogens with one attached hydrogen (secondary N) is 1. The molecule has 1 atom stereocenters. The van der Waals surface area contributed by atoms with Gasteiger partial charge in [0.15, 0.2) is 0 Å². The van der Waals surface area contributed by atoms with Gasteiger partial charge in [-0.15, -0.1) is 0 Å². The highest BCUT2D eigenvalue weighted by Gasteiger charge is 2.39. The fourth-order valence-corrected chi connectivity index (χ4v) is 2.04. The Hall–Kier alpha value is -2.38. The molecule has 8 heteroatoms. The van der Waals surface area contributed by atoms with E-state index in [1.54, 1.807) is 12.1 Å². The van der Waals surface area contributed by atoms with Crippen molar-refractivity contribution < 1.29 is 32.5 Å². The number of ether oxygens (including phenoxy) is 2. The molecule has 0 bridgehead atoms. The number of hydrogen-bond acceptors (Lipinski definition) is 4. The van der Waals surface area contributed by atoms with Crippen molar-refractivity contribution in [3.05, 3.63) is 29.5 Å². The summed E-state index contributed by atoms with van der Waals surface area (Å²) in [6, 6.07) is 2.41. The SMILES string of the molecule is COc1cc(C[C@@H](C)NC(=O)C(F)(F)F)c(OC)cc1/C=C/O. The summed E-state index contributed by atoms with van der Waals surface area (Å²) in [6.07, 6.45) is -2.58. The zero-order valence-electron chi connectivity index (χ0n) is 12.9. The van der Waals surface area contributed by atoms with Gasteiger partial charge in [-0.25, -0.2) is 0 Å². The highest BCUT2D eigenvalue weighted by atomic mass is 19.4. The van der Waals surface area contributed by atoms with Crippen molar-refractivity contribution in [3.63, 3.8) is 0 Å². The maximum Gasteiger partial charge on any atom is 0.471 e. The van der Waals surface area contributed by atoms with Crippen molar-refractivity contribution in [2.45, 2.75) is 25.6 Å². The van der Waals surface area contributed by atoms with Crippen molar-refractivity contribution in [2.24, 2.45) is 0 Å². The van der Waals surface area contributed by atoms with Crippen LogP contribution in [0.1, 0.15) is 18.1 Å². The van der Waals surface area contributed by atoms with Crippen LogP contribution in [0.5, 0.6) is 11.5 Å². The minimum atomic E-state index is -4.92. The van der Waals surface area contributed by atoms with Crippen LogP contribution in [-0.2, 0) is 11.2 Å². The number of methoxy groups -OCH3 is 2. The number of benzene rings is 1. The Labute approximate surface area is 131 Å². The summed E-state index contributed by atoms with van der Waals surface area (Å²) in [5, 5.41) is 10.7. The number of amides is 1. The number of carbonyl (C=O) groups excluding carboxylic acids is 1. The number of aliphatic hydroxyl groups is 1. The third-order valence-electron chi connectivity index (χ3n) is 3.05. The highest BCUT2D eigenvalue weighted by Crippen LogP contribution is 2.30. The lowest BCUT2D eigenvalue weighted by molar-refractivity contribution is -0.174. The van der Waals surface area contributed by atoms with Gasteiger partial charge in [0.05, 0.1) is 20.5 Å². The molecule has 23 heavy (non-hydrogen) atoms. The quantitative estimate of drug-likeness (QED) is 0.786. The highest BCUT2D eigenvalue weighted by molar-refractivity contribution is 5.81. The van der Waals surface area contributed by atoms with Gasteiger partial charge in [0.1, 0.15) is 11.5 Å². The normalized spacial score (nSPS) is 13.0. The lowest BCUT2D eigenvalue weighted by atomic mass is 10.0. The average Bonchev–Trinajstić information content (AvgIpc) is 2.47. The van der Waals surface area contributed by atoms with Gasteiger partial charge in [0.2, 0.25) is 0 Å². The molecule has 0 heterocycles. The molecule has 1 rings (SSSR count). The molecule has 0 fully saturated rings. The zero-order chi connectivity index (χ0) is 17.6. The average molecular weight is 333 g/mol. The van der Waals surface area contributed by atoms with Crippen LogP contribution in [0.4, 0.5) is 13.2 Å². The van der Waals surface area contributed by atoms with Crippen molar-refractivity contribution in [2.75, 3.05) is 14.2 Å². The number of carbonyl (C=O) groups is 1. The van der Waals surface area contributed by atoms with Crippen LogP contribution >= 0.6 is 0 Å². The lowest BCUT2D eigenvalue weighted by Crippen LogP contribution is -2.42. The molecule has 1 aromatic carbocycles. The number of alkyl halides is 3. The molecule has 0 aliphatic carbocycles. The predicted octanol–water partition coefficient (Wildman–Crippen LogP) is 2.84. The topological polar surface area (TPSA) is 67.8 Å². The molecule has 0 unspecified atom stereocenters. The maximum atomic E-state index is 12.3. The summed E-state index contributed by atoms with van der Waals surface area (Å²) < 4.78 is 47.2. The number of hydrogen-bond donors (Lipinski definition) is 2. The van der Waals surface area contributed by atoms with E-state index in [2.05, 4.69) is 0 Å². The van der Waals surface area contributed by atoms with Crippen molar-refractivity contribution >= 4 is 12.0 Å². The van der Waals surface area contributed by atoms with E-state index in [0.29, 0.717) is 22.6 Å². The fraction of sp³-hybridized carbons (Fsp3) is 0.400. The summed E-state index contributed by atoms with van der Waals surface area (Å²) in [4.78, 5) is 11.0. The van der Waals surface area contributed by atoms with Crippen LogP contribution in [-0.4, -0.2) is 37.5 Å². The molecule has 0 saturated heterocycles. The zero-order valence-corrected chi connectivity index (χ0v) is 12.9. The largest absolute Gasteiger partial charge is 0.516 e. The molecule has 2 N–H and O–H groups in total. The Morgan fingerprint density at radius 3 is 2.39 bits per heavy atom. The Bertz CT molecular complexity index is 585. The second-order valence-corrected chi connectivity index (χ2v) is 4.80. The van der Waals surface area contributed by atoms with Crippen LogP contribution in [0.3, 0.4) is 0 Å². The third-order valence-corrected chi connectivity index (χ3v) is 3.05. The van der Waals surface area contributed by atoms with E-state index < -0.39 is 18.1 Å². The van der Waals surface area contributed by atoms with Gasteiger partial charge in [-0.3, -0.25) is 4.79 Å². The molecule has 0 radical (unpaired) electrons. The van der Waals surface area contributed by atoms with Crippen LogP contribution in [0, 0.1) is 0 Å². The second-order valence-electron chi connectivity index (χ2n) is 4.80. The third kappa shape index (κ3) is 5.08. The van der Waals surface area contributed by atoms with Gasteiger partial charge in [0, 0.05) is 11.6 Å². The molecule has 1 aromatic rings. The van der Waals surface area contributed by atoms with Gasteiger partial charge in [-0.2, -0.15) is 13.2 Å². The summed E-state index contributed by atoms with van der Waals surface area (Å²) in [5.74, 6) is -1.16. The Balaban J connectivity index is 3.01. The summed E-state index contributed by atoms with van der Waals surface area (Å²) in [7, 11) is 2.84. The van der Waals surface area contributed by atoms with Gasteiger partial charge in [0.25, 0.3) is 0 Å². The first-order chi connectivity index (χ1) is 10.7.